The van der Waals surface area contributed by atoms with Crippen molar-refractivity contribution in [2.75, 3.05) is 13.7 Å². The quantitative estimate of drug-likeness (QED) is 0.752. The lowest BCUT2D eigenvalue weighted by atomic mass is 9.43. The monoisotopic (exact) mass is 364 g/mol. The third-order valence-electron chi connectivity index (χ3n) is 9.52. The Labute approximate surface area is 157 Å². The summed E-state index contributed by atoms with van der Waals surface area (Å²) in [5.74, 6) is 0.756. The molecule has 0 radical (unpaired) electrons. The molecule has 4 aliphatic carbocycles. The average Bonchev–Trinajstić information content (AvgIpc) is 2.93. The summed E-state index contributed by atoms with van der Waals surface area (Å²) in [7, 11) is 1.61. The van der Waals surface area contributed by atoms with Gasteiger partial charge in [-0.25, -0.2) is 0 Å². The number of methoxy groups -OCH3 is 1. The molecule has 0 amide bonds. The smallest absolute Gasteiger partial charge is 0.168 e. The molecule has 2 N–H and O–H groups in total. The van der Waals surface area contributed by atoms with Crippen molar-refractivity contribution in [2.24, 2.45) is 40.4 Å². The molecule has 4 aliphatic rings. The van der Waals surface area contributed by atoms with Crippen LogP contribution in [0.5, 0.6) is 0 Å². The van der Waals surface area contributed by atoms with Crippen molar-refractivity contribution in [1.82, 2.24) is 0 Å². The van der Waals surface area contributed by atoms with Crippen molar-refractivity contribution >= 4 is 5.78 Å². The zero-order valence-corrected chi connectivity index (χ0v) is 16.7. The minimum absolute atomic E-state index is 0.0716. The van der Waals surface area contributed by atoms with Crippen LogP contribution >= 0.6 is 0 Å². The van der Waals surface area contributed by atoms with Crippen molar-refractivity contribution in [3.63, 3.8) is 0 Å². The van der Waals surface area contributed by atoms with Crippen LogP contribution in [-0.2, 0) is 9.53 Å². The van der Waals surface area contributed by atoms with Crippen LogP contribution in [0.15, 0.2) is 0 Å². The largest absolute Gasteiger partial charge is 0.377 e. The van der Waals surface area contributed by atoms with E-state index in [9.17, 15) is 15.0 Å². The summed E-state index contributed by atoms with van der Waals surface area (Å²) < 4.78 is 5.15. The van der Waals surface area contributed by atoms with E-state index in [0.717, 1.165) is 44.9 Å². The van der Waals surface area contributed by atoms with Gasteiger partial charge in [0.2, 0.25) is 0 Å². The number of ketones is 1. The maximum Gasteiger partial charge on any atom is 0.168 e. The molecule has 4 heteroatoms. The van der Waals surface area contributed by atoms with Crippen LogP contribution in [-0.4, -0.2) is 35.5 Å². The fourth-order valence-corrected chi connectivity index (χ4v) is 8.13. The molecule has 0 heterocycles. The number of ether oxygens (including phenoxy) is 1. The summed E-state index contributed by atoms with van der Waals surface area (Å²) in [5, 5.41) is 21.9. The van der Waals surface area contributed by atoms with E-state index in [0.29, 0.717) is 30.1 Å². The molecular formula is C22H36O4. The molecule has 4 nitrogen and oxygen atoms in total. The van der Waals surface area contributed by atoms with E-state index in [2.05, 4.69) is 13.8 Å². The van der Waals surface area contributed by atoms with Crippen LogP contribution in [0, 0.1) is 40.4 Å². The highest BCUT2D eigenvalue weighted by Gasteiger charge is 2.65. The van der Waals surface area contributed by atoms with E-state index in [1.807, 2.05) is 0 Å². The van der Waals surface area contributed by atoms with E-state index >= 15 is 0 Å². The molecule has 0 aliphatic heterocycles. The molecule has 0 saturated heterocycles. The van der Waals surface area contributed by atoms with Crippen LogP contribution in [0.2, 0.25) is 0 Å². The zero-order valence-electron chi connectivity index (χ0n) is 16.7. The topological polar surface area (TPSA) is 66.8 Å². The first-order chi connectivity index (χ1) is 12.3. The molecule has 4 saturated carbocycles. The van der Waals surface area contributed by atoms with Crippen molar-refractivity contribution in [2.45, 2.75) is 77.4 Å². The lowest BCUT2D eigenvalue weighted by Crippen LogP contribution is -2.63. The molecule has 0 bridgehead atoms. The minimum Gasteiger partial charge on any atom is -0.377 e. The first-order valence-electron chi connectivity index (χ1n) is 10.7. The highest BCUT2D eigenvalue weighted by Crippen LogP contribution is 2.68. The van der Waals surface area contributed by atoms with E-state index < -0.39 is 5.79 Å². The minimum atomic E-state index is -1.53. The lowest BCUT2D eigenvalue weighted by Gasteiger charge is -2.63. The molecule has 7 atom stereocenters. The first-order valence-corrected chi connectivity index (χ1v) is 10.7. The SMILES string of the molecule is COCC(=O)[C@H]1CC[C@H]2[C@@H]3CC[C@H]4CCCC(O)(O)[C@]4(C)[C@H]3CC[C@]12C. The van der Waals surface area contributed by atoms with Gasteiger partial charge in [0.05, 0.1) is 0 Å². The molecule has 0 aromatic carbocycles. The fraction of sp³-hybridized carbons (Fsp3) is 0.955. The number of carbonyl (C=O) groups is 1. The normalized spacial score (nSPS) is 49.8. The standard InChI is InChI=1S/C22H36O4/c1-20-12-10-17-15(16(20)8-9-18(20)19(23)13-26-3)7-6-14-5-4-11-22(24,25)21(14,17)2/h14-18,24-25H,4-13H2,1-3H3/t14-,15+,16+,17+,18-,20+,21+/m1/s1. The van der Waals surface area contributed by atoms with Crippen molar-refractivity contribution in [3.8, 4) is 0 Å². The van der Waals surface area contributed by atoms with E-state index in [4.69, 9.17) is 4.74 Å². The van der Waals surface area contributed by atoms with E-state index in [-0.39, 0.29) is 29.1 Å². The molecule has 0 spiro atoms. The summed E-state index contributed by atoms with van der Waals surface area (Å²) in [5.41, 5.74) is -0.313. The van der Waals surface area contributed by atoms with Crippen LogP contribution in [0.1, 0.15) is 71.6 Å². The molecule has 4 fully saturated rings. The fourth-order valence-electron chi connectivity index (χ4n) is 8.13. The number of fused-ring (bicyclic) bond motifs is 5. The van der Waals surface area contributed by atoms with Gasteiger partial charge in [0.1, 0.15) is 6.61 Å². The highest BCUT2D eigenvalue weighted by atomic mass is 16.5. The predicted octanol–water partition coefficient (Wildman–Crippen LogP) is 3.54. The van der Waals surface area contributed by atoms with Gasteiger partial charge in [-0.1, -0.05) is 13.8 Å². The van der Waals surface area contributed by atoms with Gasteiger partial charge in [-0.3, -0.25) is 4.79 Å². The Balaban J connectivity index is 1.63. The second-order valence-electron chi connectivity index (χ2n) is 10.2. The molecule has 0 aromatic heterocycles. The van der Waals surface area contributed by atoms with Gasteiger partial charge in [-0.2, -0.15) is 0 Å². The summed E-state index contributed by atoms with van der Waals surface area (Å²) in [6.45, 7) is 4.73. The van der Waals surface area contributed by atoms with Gasteiger partial charge >= 0.3 is 0 Å². The van der Waals surface area contributed by atoms with Gasteiger partial charge in [0.15, 0.2) is 11.6 Å². The maximum atomic E-state index is 12.7. The predicted molar refractivity (Wildman–Crippen MR) is 99.3 cm³/mol. The number of carbonyl (C=O) groups excluding carboxylic acids is 1. The number of Topliss-reactive ketones (excluding diaryl/α,β-unsaturated/α-hetero) is 1. The Morgan fingerprint density at radius 1 is 1.00 bits per heavy atom. The van der Waals surface area contributed by atoms with Crippen molar-refractivity contribution < 1.29 is 19.7 Å². The molecular weight excluding hydrogens is 328 g/mol. The van der Waals surface area contributed by atoms with Gasteiger partial charge in [-0.05, 0) is 80.5 Å². The number of hydrogen-bond acceptors (Lipinski definition) is 4. The molecule has 26 heavy (non-hydrogen) atoms. The Kier molecular flexibility index (Phi) is 4.57. The molecule has 0 aromatic rings. The van der Waals surface area contributed by atoms with E-state index in [1.165, 1.54) is 6.42 Å². The number of hydrogen-bond donors (Lipinski definition) is 2. The van der Waals surface area contributed by atoms with Crippen molar-refractivity contribution in [1.29, 1.82) is 0 Å². The Morgan fingerprint density at radius 2 is 1.77 bits per heavy atom. The van der Waals surface area contributed by atoms with Crippen LogP contribution < -0.4 is 0 Å². The first kappa shape index (κ1) is 18.9. The maximum absolute atomic E-state index is 12.7. The molecule has 4 rings (SSSR count). The van der Waals surface area contributed by atoms with Crippen LogP contribution in [0.4, 0.5) is 0 Å². The van der Waals surface area contributed by atoms with Gasteiger partial charge in [0, 0.05) is 24.9 Å². The van der Waals surface area contributed by atoms with Crippen LogP contribution in [0.25, 0.3) is 0 Å². The van der Waals surface area contributed by atoms with Crippen molar-refractivity contribution in [3.05, 3.63) is 0 Å². The third kappa shape index (κ3) is 2.41. The third-order valence-corrected chi connectivity index (χ3v) is 9.52. The molecule has 0 unspecified atom stereocenters. The number of rotatable bonds is 3. The van der Waals surface area contributed by atoms with Gasteiger partial charge in [-0.15, -0.1) is 0 Å². The van der Waals surface area contributed by atoms with Crippen LogP contribution in [0.3, 0.4) is 0 Å². The second-order valence-corrected chi connectivity index (χ2v) is 10.2. The zero-order chi connectivity index (χ0) is 18.7. The summed E-state index contributed by atoms with van der Waals surface area (Å²) in [6, 6.07) is 0. The summed E-state index contributed by atoms with van der Waals surface area (Å²) >= 11 is 0. The summed E-state index contributed by atoms with van der Waals surface area (Å²) in [4.78, 5) is 12.7. The summed E-state index contributed by atoms with van der Waals surface area (Å²) in [6.07, 6.45) is 9.06. The van der Waals surface area contributed by atoms with Gasteiger partial charge < -0.3 is 14.9 Å². The average molecular weight is 365 g/mol. The lowest BCUT2D eigenvalue weighted by molar-refractivity contribution is -0.312. The second kappa shape index (κ2) is 6.28. The van der Waals surface area contributed by atoms with E-state index in [1.54, 1.807) is 7.11 Å². The Hall–Kier alpha value is -0.450. The molecule has 148 valence electrons. The number of aliphatic hydroxyl groups is 2. The Bertz CT molecular complexity index is 572. The van der Waals surface area contributed by atoms with Gasteiger partial charge in [0.25, 0.3) is 0 Å². The highest BCUT2D eigenvalue weighted by molar-refractivity contribution is 5.83. The Morgan fingerprint density at radius 3 is 2.50 bits per heavy atom.